The molecule has 2 atom stereocenters. The Morgan fingerprint density at radius 2 is 2.13 bits per heavy atom. The van der Waals surface area contributed by atoms with Gasteiger partial charge in [-0.15, -0.1) is 12.4 Å². The van der Waals surface area contributed by atoms with Gasteiger partial charge in [0, 0.05) is 6.04 Å². The zero-order valence-corrected chi connectivity index (χ0v) is 10.4. The van der Waals surface area contributed by atoms with Crippen LogP contribution in [0.2, 0.25) is 0 Å². The van der Waals surface area contributed by atoms with Gasteiger partial charge >= 0.3 is 5.97 Å². The van der Waals surface area contributed by atoms with Gasteiger partial charge in [0.1, 0.15) is 11.6 Å². The van der Waals surface area contributed by atoms with Crippen molar-refractivity contribution < 1.29 is 9.53 Å². The molecule has 0 aliphatic carbocycles. The summed E-state index contributed by atoms with van der Waals surface area (Å²) < 4.78 is 5.21. The van der Waals surface area contributed by atoms with Crippen molar-refractivity contribution >= 4 is 18.4 Å². The summed E-state index contributed by atoms with van der Waals surface area (Å²) in [5, 5.41) is 3.20. The Balaban J connectivity index is 0.00000196. The number of esters is 1. The highest BCUT2D eigenvalue weighted by atomic mass is 35.5. The summed E-state index contributed by atoms with van der Waals surface area (Å²) in [5.74, 6) is -0.308. The van der Waals surface area contributed by atoms with Gasteiger partial charge in [0.15, 0.2) is 0 Å². The van der Waals surface area contributed by atoms with Gasteiger partial charge in [0.2, 0.25) is 0 Å². The van der Waals surface area contributed by atoms with E-state index in [-0.39, 0.29) is 24.4 Å². The van der Waals surface area contributed by atoms with Crippen molar-refractivity contribution in [1.82, 2.24) is 5.32 Å². The molecule has 0 aromatic heterocycles. The molecule has 0 bridgehead atoms. The van der Waals surface area contributed by atoms with E-state index in [4.69, 9.17) is 10.5 Å². The van der Waals surface area contributed by atoms with Crippen LogP contribution in [0.3, 0.4) is 0 Å². The van der Waals surface area contributed by atoms with Gasteiger partial charge in [-0.1, -0.05) is 0 Å². The van der Waals surface area contributed by atoms with Crippen LogP contribution in [0.4, 0.5) is 0 Å². The molecule has 1 rings (SSSR count). The Bertz CT molecular complexity index is 210. The van der Waals surface area contributed by atoms with Gasteiger partial charge < -0.3 is 15.8 Å². The van der Waals surface area contributed by atoms with Crippen LogP contribution in [-0.4, -0.2) is 30.2 Å². The first-order valence-corrected chi connectivity index (χ1v) is 5.12. The minimum Gasteiger partial charge on any atom is -0.459 e. The first-order valence-electron chi connectivity index (χ1n) is 5.12. The normalized spacial score (nSPS) is 23.1. The number of hydrogen-bond donors (Lipinski definition) is 2. The predicted molar refractivity (Wildman–Crippen MR) is 62.1 cm³/mol. The quantitative estimate of drug-likeness (QED) is 0.698. The molecule has 1 fully saturated rings. The highest BCUT2D eigenvalue weighted by molar-refractivity contribution is 5.85. The number of halogens is 1. The summed E-state index contributed by atoms with van der Waals surface area (Å²) in [6, 6.07) is -0.443. The molecule has 1 unspecified atom stereocenters. The van der Waals surface area contributed by atoms with E-state index in [0.717, 1.165) is 19.4 Å². The maximum Gasteiger partial charge on any atom is 0.325 e. The topological polar surface area (TPSA) is 64.3 Å². The van der Waals surface area contributed by atoms with Crippen LogP contribution < -0.4 is 11.1 Å². The van der Waals surface area contributed by atoms with E-state index < -0.39 is 11.6 Å². The lowest BCUT2D eigenvalue weighted by molar-refractivity contribution is -0.157. The molecule has 1 saturated heterocycles. The molecule has 15 heavy (non-hydrogen) atoms. The second-order valence-corrected chi connectivity index (χ2v) is 4.76. The number of hydrogen-bond acceptors (Lipinski definition) is 4. The van der Waals surface area contributed by atoms with Crippen molar-refractivity contribution in [2.45, 2.75) is 51.3 Å². The number of carbonyl (C=O) groups is 1. The smallest absolute Gasteiger partial charge is 0.325 e. The molecular formula is C10H21ClN2O2. The molecule has 1 aliphatic rings. The molecule has 1 heterocycles. The second-order valence-electron chi connectivity index (χ2n) is 4.76. The molecule has 5 heteroatoms. The minimum atomic E-state index is -0.531. The summed E-state index contributed by atoms with van der Waals surface area (Å²) in [7, 11) is 0. The summed E-state index contributed by atoms with van der Waals surface area (Å²) in [5.41, 5.74) is 5.34. The Kier molecular flexibility index (Phi) is 5.56. The van der Waals surface area contributed by atoms with Crippen molar-refractivity contribution in [1.29, 1.82) is 0 Å². The summed E-state index contributed by atoms with van der Waals surface area (Å²) in [6.45, 7) is 6.49. The molecular weight excluding hydrogens is 216 g/mol. The van der Waals surface area contributed by atoms with Crippen molar-refractivity contribution in [3.05, 3.63) is 0 Å². The first-order chi connectivity index (χ1) is 6.40. The number of nitrogens with two attached hydrogens (primary N) is 1. The Labute approximate surface area is 97.3 Å². The number of nitrogens with one attached hydrogen (secondary N) is 1. The van der Waals surface area contributed by atoms with E-state index in [0.29, 0.717) is 0 Å². The predicted octanol–water partition coefficient (Wildman–Crippen LogP) is 0.829. The summed E-state index contributed by atoms with van der Waals surface area (Å²) in [4.78, 5) is 11.6. The van der Waals surface area contributed by atoms with Gasteiger partial charge in [0.05, 0.1) is 0 Å². The second kappa shape index (κ2) is 5.68. The van der Waals surface area contributed by atoms with E-state index in [2.05, 4.69) is 5.32 Å². The summed E-state index contributed by atoms with van der Waals surface area (Å²) >= 11 is 0. The Morgan fingerprint density at radius 1 is 1.53 bits per heavy atom. The van der Waals surface area contributed by atoms with Crippen LogP contribution in [0.25, 0.3) is 0 Å². The molecule has 4 nitrogen and oxygen atoms in total. The molecule has 1 aliphatic heterocycles. The lowest BCUT2D eigenvalue weighted by Gasteiger charge is -2.24. The van der Waals surface area contributed by atoms with Crippen LogP contribution in [0.5, 0.6) is 0 Å². The average Bonchev–Trinajstić information content (AvgIpc) is 2.51. The van der Waals surface area contributed by atoms with Gasteiger partial charge in [0.25, 0.3) is 0 Å². The maximum atomic E-state index is 11.6. The van der Waals surface area contributed by atoms with E-state index in [1.54, 1.807) is 0 Å². The van der Waals surface area contributed by atoms with Crippen LogP contribution in [0.15, 0.2) is 0 Å². The molecule has 90 valence electrons. The Hall–Kier alpha value is -0.320. The molecule has 3 N–H and O–H groups in total. The Morgan fingerprint density at radius 3 is 2.53 bits per heavy atom. The molecule has 0 aromatic carbocycles. The zero-order chi connectivity index (χ0) is 10.8. The number of ether oxygens (including phenoxy) is 1. The lowest BCUT2D eigenvalue weighted by atomic mass is 10.1. The monoisotopic (exact) mass is 236 g/mol. The molecule has 0 radical (unpaired) electrons. The van der Waals surface area contributed by atoms with Crippen LogP contribution in [-0.2, 0) is 9.53 Å². The largest absolute Gasteiger partial charge is 0.459 e. The maximum absolute atomic E-state index is 11.6. The number of carbonyl (C=O) groups excluding carboxylic acids is 1. The van der Waals surface area contributed by atoms with E-state index in [1.165, 1.54) is 0 Å². The average molecular weight is 237 g/mol. The third-order valence-electron chi connectivity index (χ3n) is 2.21. The first kappa shape index (κ1) is 14.7. The standard InChI is InChI=1S/C10H20N2O2.ClH/c1-10(2,3)14-9(13)8(11)7-5-4-6-12-7;/h7-8,12H,4-6,11H2,1-3H3;1H/t7-,8?;/m1./s1. The van der Waals surface area contributed by atoms with Crippen LogP contribution >= 0.6 is 12.4 Å². The lowest BCUT2D eigenvalue weighted by Crippen LogP contribution is -2.49. The SMILES string of the molecule is CC(C)(C)OC(=O)C(N)[C@H]1CCCN1.Cl. The van der Waals surface area contributed by atoms with Gasteiger partial charge in [-0.05, 0) is 40.2 Å². The van der Waals surface area contributed by atoms with Gasteiger partial charge in [-0.2, -0.15) is 0 Å². The minimum absolute atomic E-state index is 0. The fourth-order valence-electron chi connectivity index (χ4n) is 1.55. The van der Waals surface area contributed by atoms with Crippen molar-refractivity contribution in [2.75, 3.05) is 6.54 Å². The van der Waals surface area contributed by atoms with Gasteiger partial charge in [-0.3, -0.25) is 4.79 Å². The van der Waals surface area contributed by atoms with Gasteiger partial charge in [-0.25, -0.2) is 0 Å². The number of rotatable bonds is 2. The van der Waals surface area contributed by atoms with Crippen molar-refractivity contribution in [3.63, 3.8) is 0 Å². The third-order valence-corrected chi connectivity index (χ3v) is 2.21. The van der Waals surface area contributed by atoms with Crippen molar-refractivity contribution in [3.8, 4) is 0 Å². The van der Waals surface area contributed by atoms with Crippen LogP contribution in [0, 0.1) is 0 Å². The van der Waals surface area contributed by atoms with Crippen molar-refractivity contribution in [2.24, 2.45) is 5.73 Å². The fourth-order valence-corrected chi connectivity index (χ4v) is 1.55. The van der Waals surface area contributed by atoms with Crippen LogP contribution in [0.1, 0.15) is 33.6 Å². The zero-order valence-electron chi connectivity index (χ0n) is 9.58. The molecule has 0 spiro atoms. The fraction of sp³-hybridized carbons (Fsp3) is 0.900. The van der Waals surface area contributed by atoms with E-state index in [1.807, 2.05) is 20.8 Å². The highest BCUT2D eigenvalue weighted by Gasteiger charge is 2.30. The van der Waals surface area contributed by atoms with E-state index >= 15 is 0 Å². The molecule has 0 aromatic rings. The molecule has 0 amide bonds. The van der Waals surface area contributed by atoms with E-state index in [9.17, 15) is 4.79 Å². The summed E-state index contributed by atoms with van der Waals surface area (Å²) in [6.07, 6.45) is 2.04. The third kappa shape index (κ3) is 4.82. The molecule has 0 saturated carbocycles. The highest BCUT2D eigenvalue weighted by Crippen LogP contribution is 2.13.